The first-order valence-corrected chi connectivity index (χ1v) is 4.34. The Balaban J connectivity index is 2.84. The molecule has 14 heavy (non-hydrogen) atoms. The zero-order chi connectivity index (χ0) is 10.6. The highest BCUT2D eigenvalue weighted by atomic mass is 16.5. The molecule has 4 nitrogen and oxygen atoms in total. The number of amides is 1. The third-order valence-electron chi connectivity index (χ3n) is 1.93. The van der Waals surface area contributed by atoms with Crippen molar-refractivity contribution in [3.05, 3.63) is 17.5 Å². The van der Waals surface area contributed by atoms with Crippen LogP contribution in [0.15, 0.2) is 10.7 Å². The van der Waals surface area contributed by atoms with Gasteiger partial charge < -0.3 is 9.42 Å². The molecule has 74 valence electrons. The lowest BCUT2D eigenvalue weighted by Gasteiger charge is -2.16. The molecule has 4 heteroatoms. The molecule has 0 fully saturated rings. The van der Waals surface area contributed by atoms with Gasteiger partial charge >= 0.3 is 0 Å². The van der Waals surface area contributed by atoms with Crippen LogP contribution in [0.25, 0.3) is 0 Å². The van der Waals surface area contributed by atoms with Gasteiger partial charge in [-0.25, -0.2) is 0 Å². The molecule has 1 amide bonds. The van der Waals surface area contributed by atoms with Gasteiger partial charge in [0.2, 0.25) is 0 Å². The van der Waals surface area contributed by atoms with E-state index in [0.717, 1.165) is 0 Å². The van der Waals surface area contributed by atoms with Gasteiger partial charge in [-0.05, 0) is 13.8 Å². The summed E-state index contributed by atoms with van der Waals surface area (Å²) in [4.78, 5) is 13.3. The first-order valence-electron chi connectivity index (χ1n) is 4.34. The fourth-order valence-corrected chi connectivity index (χ4v) is 1.11. The molecule has 1 heterocycles. The van der Waals surface area contributed by atoms with Crippen LogP contribution in [0, 0.1) is 19.3 Å². The summed E-state index contributed by atoms with van der Waals surface area (Å²) >= 11 is 0. The minimum Gasteiger partial charge on any atom is -0.361 e. The molecule has 0 saturated carbocycles. The van der Waals surface area contributed by atoms with Gasteiger partial charge in [0.1, 0.15) is 11.3 Å². The van der Waals surface area contributed by atoms with Gasteiger partial charge in [0.15, 0.2) is 0 Å². The van der Waals surface area contributed by atoms with Crippen molar-refractivity contribution >= 4 is 5.91 Å². The molecule has 0 radical (unpaired) electrons. The van der Waals surface area contributed by atoms with Gasteiger partial charge in [-0.3, -0.25) is 4.79 Å². The van der Waals surface area contributed by atoms with Gasteiger partial charge in [0, 0.05) is 6.54 Å². The summed E-state index contributed by atoms with van der Waals surface area (Å²) < 4.78 is 4.81. The molecule has 1 aromatic rings. The van der Waals surface area contributed by atoms with Gasteiger partial charge in [0.05, 0.1) is 12.7 Å². The molecular formula is C10H12N2O2. The number of terminal acetylenes is 1. The monoisotopic (exact) mass is 192 g/mol. The maximum absolute atomic E-state index is 11.8. The second kappa shape index (κ2) is 4.47. The first-order chi connectivity index (χ1) is 6.70. The normalized spacial score (nSPS) is 9.50. The van der Waals surface area contributed by atoms with Gasteiger partial charge in [-0.1, -0.05) is 11.1 Å². The summed E-state index contributed by atoms with van der Waals surface area (Å²) in [5.74, 6) is 2.82. The number of nitrogens with zero attached hydrogens (tertiary/aromatic N) is 2. The summed E-state index contributed by atoms with van der Waals surface area (Å²) in [6.07, 6.45) is 6.56. The summed E-state index contributed by atoms with van der Waals surface area (Å²) in [6, 6.07) is 0. The predicted molar refractivity (Wildman–Crippen MR) is 51.7 cm³/mol. The van der Waals surface area contributed by atoms with Crippen molar-refractivity contribution in [2.45, 2.75) is 13.8 Å². The van der Waals surface area contributed by atoms with Crippen LogP contribution in [0.1, 0.15) is 23.0 Å². The van der Waals surface area contributed by atoms with E-state index in [9.17, 15) is 4.79 Å². The summed E-state index contributed by atoms with van der Waals surface area (Å²) in [5.41, 5.74) is 0.474. The number of aromatic nitrogens is 1. The summed E-state index contributed by atoms with van der Waals surface area (Å²) in [7, 11) is 0. The van der Waals surface area contributed by atoms with E-state index in [0.29, 0.717) is 24.4 Å². The number of hydrogen-bond acceptors (Lipinski definition) is 3. The molecule has 0 spiro atoms. The van der Waals surface area contributed by atoms with Crippen LogP contribution in [-0.4, -0.2) is 29.1 Å². The Morgan fingerprint density at radius 1 is 1.79 bits per heavy atom. The molecule has 0 unspecified atom stereocenters. The van der Waals surface area contributed by atoms with E-state index in [4.69, 9.17) is 10.9 Å². The van der Waals surface area contributed by atoms with Crippen LogP contribution in [-0.2, 0) is 0 Å². The molecule has 0 atom stereocenters. The molecule has 1 aromatic heterocycles. The van der Waals surface area contributed by atoms with Crippen molar-refractivity contribution < 1.29 is 9.32 Å². The quantitative estimate of drug-likeness (QED) is 0.673. The van der Waals surface area contributed by atoms with Crippen molar-refractivity contribution in [1.82, 2.24) is 10.1 Å². The van der Waals surface area contributed by atoms with Crippen molar-refractivity contribution in [3.63, 3.8) is 0 Å². The maximum Gasteiger partial charge on any atom is 0.259 e. The molecule has 0 N–H and O–H groups in total. The lowest BCUT2D eigenvalue weighted by atomic mass is 10.2. The van der Waals surface area contributed by atoms with Crippen LogP contribution >= 0.6 is 0 Å². The summed E-state index contributed by atoms with van der Waals surface area (Å²) in [6.45, 7) is 4.45. The molecule has 0 aliphatic rings. The Kier molecular flexibility index (Phi) is 3.29. The fraction of sp³-hybridized carbons (Fsp3) is 0.400. The number of rotatable bonds is 3. The molecule has 0 saturated heterocycles. The minimum atomic E-state index is -0.135. The van der Waals surface area contributed by atoms with Gasteiger partial charge in [-0.15, -0.1) is 6.42 Å². The zero-order valence-corrected chi connectivity index (χ0v) is 8.28. The van der Waals surface area contributed by atoms with Crippen molar-refractivity contribution in [1.29, 1.82) is 0 Å². The molecular weight excluding hydrogens is 180 g/mol. The Labute approximate surface area is 82.9 Å². The minimum absolute atomic E-state index is 0.135. The van der Waals surface area contributed by atoms with Crippen LogP contribution in [0.4, 0.5) is 0 Å². The Hall–Kier alpha value is -1.76. The highest BCUT2D eigenvalue weighted by Gasteiger charge is 2.17. The Morgan fingerprint density at radius 3 is 2.93 bits per heavy atom. The molecule has 0 aromatic carbocycles. The third-order valence-corrected chi connectivity index (χ3v) is 1.93. The first kappa shape index (κ1) is 10.3. The lowest BCUT2D eigenvalue weighted by Crippen LogP contribution is -2.31. The molecule has 1 rings (SSSR count). The predicted octanol–water partition coefficient (Wildman–Crippen LogP) is 1.08. The van der Waals surface area contributed by atoms with Gasteiger partial charge in [-0.2, -0.15) is 0 Å². The van der Waals surface area contributed by atoms with E-state index < -0.39 is 0 Å². The van der Waals surface area contributed by atoms with Crippen LogP contribution in [0.2, 0.25) is 0 Å². The Morgan fingerprint density at radius 2 is 2.50 bits per heavy atom. The van der Waals surface area contributed by atoms with E-state index in [2.05, 4.69) is 11.1 Å². The molecule has 0 aliphatic carbocycles. The van der Waals surface area contributed by atoms with Crippen molar-refractivity contribution in [2.24, 2.45) is 0 Å². The van der Waals surface area contributed by atoms with E-state index in [1.54, 1.807) is 11.8 Å². The Bertz CT molecular complexity index is 362. The SMILES string of the molecule is C#CCN(CC)C(=O)c1cnoc1C. The average molecular weight is 192 g/mol. The summed E-state index contributed by atoms with van der Waals surface area (Å²) in [5, 5.41) is 3.55. The topological polar surface area (TPSA) is 46.3 Å². The fourth-order valence-electron chi connectivity index (χ4n) is 1.11. The lowest BCUT2D eigenvalue weighted by molar-refractivity contribution is 0.0783. The van der Waals surface area contributed by atoms with Crippen molar-refractivity contribution in [3.8, 4) is 12.3 Å². The van der Waals surface area contributed by atoms with Crippen LogP contribution in [0.3, 0.4) is 0 Å². The van der Waals surface area contributed by atoms with E-state index >= 15 is 0 Å². The second-order valence-electron chi connectivity index (χ2n) is 2.82. The van der Waals surface area contributed by atoms with E-state index in [1.165, 1.54) is 6.20 Å². The van der Waals surface area contributed by atoms with Gasteiger partial charge in [0.25, 0.3) is 5.91 Å². The van der Waals surface area contributed by atoms with E-state index in [-0.39, 0.29) is 5.91 Å². The smallest absolute Gasteiger partial charge is 0.259 e. The standard InChI is InChI=1S/C10H12N2O2/c1-4-6-12(5-2)10(13)9-7-11-14-8(9)3/h1,7H,5-6H2,2-3H3. The number of carbonyl (C=O) groups is 1. The maximum atomic E-state index is 11.8. The molecule has 0 aliphatic heterocycles. The van der Waals surface area contributed by atoms with Crippen LogP contribution < -0.4 is 0 Å². The zero-order valence-electron chi connectivity index (χ0n) is 8.28. The number of aryl methyl sites for hydroxylation is 1. The third kappa shape index (κ3) is 1.94. The van der Waals surface area contributed by atoms with E-state index in [1.807, 2.05) is 6.92 Å². The number of carbonyl (C=O) groups excluding carboxylic acids is 1. The number of hydrogen-bond donors (Lipinski definition) is 0. The highest BCUT2D eigenvalue weighted by Crippen LogP contribution is 2.09. The van der Waals surface area contributed by atoms with Crippen LogP contribution in [0.5, 0.6) is 0 Å². The largest absolute Gasteiger partial charge is 0.361 e. The van der Waals surface area contributed by atoms with Crippen molar-refractivity contribution in [2.75, 3.05) is 13.1 Å². The highest BCUT2D eigenvalue weighted by molar-refractivity contribution is 5.94. The molecule has 0 bridgehead atoms. The average Bonchev–Trinajstić information content (AvgIpc) is 2.59. The second-order valence-corrected chi connectivity index (χ2v) is 2.82.